The smallest absolute Gasteiger partial charge is 0.217 e. The van der Waals surface area contributed by atoms with Gasteiger partial charge in [0.15, 0.2) is 0 Å². The van der Waals surface area contributed by atoms with E-state index < -0.39 is 0 Å². The summed E-state index contributed by atoms with van der Waals surface area (Å²) in [5.41, 5.74) is 0. The van der Waals surface area contributed by atoms with Crippen molar-refractivity contribution in [2.45, 2.75) is 0 Å². The van der Waals surface area contributed by atoms with E-state index in [-0.39, 0.29) is 11.8 Å². The maximum absolute atomic E-state index is 8.50. The monoisotopic (exact) mass is 196 g/mol. The van der Waals surface area contributed by atoms with Gasteiger partial charge in [0, 0.05) is 0 Å². The lowest BCUT2D eigenvalue weighted by atomic mass is 10.6. The molecule has 0 aliphatic rings. The first-order valence-corrected chi connectivity index (χ1v) is 4.72. The van der Waals surface area contributed by atoms with Gasteiger partial charge < -0.3 is 10.2 Å². The van der Waals surface area contributed by atoms with Crippen LogP contribution in [-0.4, -0.2) is 20.2 Å². The van der Waals surface area contributed by atoms with Gasteiger partial charge in [-0.2, -0.15) is 0 Å². The largest absolute Gasteiger partial charge is 0.493 e. The third kappa shape index (κ3) is 4.13. The Hall–Kier alpha value is -1.54. The second-order valence-electron chi connectivity index (χ2n) is 2.12. The molecule has 5 heteroatoms. The summed E-state index contributed by atoms with van der Waals surface area (Å²) in [6.07, 6.45) is 1.07. The van der Waals surface area contributed by atoms with E-state index in [1.807, 2.05) is 0 Å². The number of aromatic nitrogens is 2. The van der Waals surface area contributed by atoms with E-state index in [0.29, 0.717) is 0 Å². The molecule has 0 saturated carbocycles. The van der Waals surface area contributed by atoms with Crippen LogP contribution in [0.3, 0.4) is 0 Å². The minimum Gasteiger partial charge on any atom is -0.493 e. The molecule has 0 unspecified atom stereocenters. The average Bonchev–Trinajstić information content (AvgIpc) is 2.59. The van der Waals surface area contributed by atoms with Crippen molar-refractivity contribution in [2.75, 3.05) is 0 Å². The Morgan fingerprint density at radius 2 is 1.54 bits per heavy atom. The summed E-state index contributed by atoms with van der Waals surface area (Å²) in [4.78, 5) is 6.65. The van der Waals surface area contributed by atoms with Gasteiger partial charge in [-0.3, -0.25) is 0 Å². The molecule has 2 heterocycles. The van der Waals surface area contributed by atoms with Crippen molar-refractivity contribution in [1.82, 2.24) is 9.97 Å². The highest BCUT2D eigenvalue weighted by molar-refractivity contribution is 7.28. The van der Waals surface area contributed by atoms with Crippen molar-refractivity contribution in [3.05, 3.63) is 36.1 Å². The molecule has 4 nitrogen and oxygen atoms in total. The fourth-order valence-corrected chi connectivity index (χ4v) is 1.17. The van der Waals surface area contributed by atoms with E-state index in [1.54, 1.807) is 0 Å². The third-order valence-electron chi connectivity index (χ3n) is 1.13. The summed E-state index contributed by atoms with van der Waals surface area (Å²) in [5, 5.41) is 17.0. The van der Waals surface area contributed by atoms with Crippen LogP contribution < -0.4 is 0 Å². The number of hydrogen-bond donors (Lipinski definition) is 2. The third-order valence-corrected chi connectivity index (χ3v) is 1.90. The van der Waals surface area contributed by atoms with E-state index in [0.717, 1.165) is 20.6 Å². The van der Waals surface area contributed by atoms with E-state index >= 15 is 0 Å². The molecule has 0 amide bonds. The van der Waals surface area contributed by atoms with Gasteiger partial charge in [-0.05, 0) is 11.6 Å². The Labute approximate surface area is 77.0 Å². The summed E-state index contributed by atoms with van der Waals surface area (Å²) < 4.78 is 0. The molecule has 0 aliphatic heterocycles. The van der Waals surface area contributed by atoms with Crippen LogP contribution in [0.4, 0.5) is 0 Å². The molecule has 2 N–H and O–H groups in total. The minimum atomic E-state index is -0.225. The fraction of sp³-hybridized carbons (Fsp3) is 0. The van der Waals surface area contributed by atoms with Crippen LogP contribution >= 0.6 is 8.19 Å². The lowest BCUT2D eigenvalue weighted by Gasteiger charge is -1.87. The number of nitrogens with zero attached hydrogens (tertiary/aromatic N) is 2. The normalized spacial score (nSPS) is 8.62. The minimum absolute atomic E-state index is 0.225. The van der Waals surface area contributed by atoms with Crippen LogP contribution in [-0.2, 0) is 0 Å². The zero-order valence-electron chi connectivity index (χ0n) is 6.75. The van der Waals surface area contributed by atoms with Crippen LogP contribution in [0.5, 0.6) is 11.8 Å². The molecule has 0 aromatic carbocycles. The van der Waals surface area contributed by atoms with Gasteiger partial charge in [-0.15, -0.1) is 8.19 Å². The second kappa shape index (κ2) is 5.17. The van der Waals surface area contributed by atoms with Gasteiger partial charge in [-0.1, -0.05) is 12.1 Å². The molecule has 0 bridgehead atoms. The summed E-state index contributed by atoms with van der Waals surface area (Å²) in [6.45, 7) is 0. The molecule has 68 valence electrons. The first-order chi connectivity index (χ1) is 6.29. The van der Waals surface area contributed by atoms with Gasteiger partial charge in [0.25, 0.3) is 0 Å². The maximum Gasteiger partial charge on any atom is 0.217 e. The highest BCUT2D eigenvalue weighted by atomic mass is 31.0. The molecule has 0 radical (unpaired) electrons. The maximum atomic E-state index is 8.50. The predicted octanol–water partition coefficient (Wildman–Crippen LogP) is 1.61. The van der Waals surface area contributed by atoms with Crippen molar-refractivity contribution in [3.8, 4) is 11.8 Å². The fourth-order valence-electron chi connectivity index (χ4n) is 0.615. The van der Waals surface area contributed by atoms with Crippen molar-refractivity contribution in [1.29, 1.82) is 0 Å². The topological polar surface area (TPSA) is 66.2 Å². The molecular formula is C8H9N2O2P. The first-order valence-electron chi connectivity index (χ1n) is 3.57. The molecule has 0 saturated heterocycles. The van der Waals surface area contributed by atoms with Crippen molar-refractivity contribution in [2.24, 2.45) is 0 Å². The first kappa shape index (κ1) is 9.55. The number of rotatable bonds is 0. The van der Waals surface area contributed by atoms with Crippen molar-refractivity contribution < 1.29 is 10.2 Å². The lowest BCUT2D eigenvalue weighted by Crippen LogP contribution is -1.75. The van der Waals surface area contributed by atoms with Crippen LogP contribution in [0.1, 0.15) is 0 Å². The molecular weight excluding hydrogens is 187 g/mol. The Balaban J connectivity index is 0.000000145. The Kier molecular flexibility index (Phi) is 3.79. The van der Waals surface area contributed by atoms with Crippen molar-refractivity contribution in [3.63, 3.8) is 0 Å². The van der Waals surface area contributed by atoms with Gasteiger partial charge in [0.2, 0.25) is 11.8 Å². The molecule has 2 rings (SSSR count). The Morgan fingerprint density at radius 1 is 1.00 bits per heavy atom. The van der Waals surface area contributed by atoms with Gasteiger partial charge >= 0.3 is 0 Å². The average molecular weight is 196 g/mol. The molecule has 13 heavy (non-hydrogen) atoms. The molecule has 0 spiro atoms. The van der Waals surface area contributed by atoms with Crippen LogP contribution in [0.2, 0.25) is 0 Å². The highest BCUT2D eigenvalue weighted by Crippen LogP contribution is 2.07. The molecule has 2 aromatic rings. The zero-order chi connectivity index (χ0) is 9.52. The standard InChI is InChI=1S/C4H4N2O2.C4H5P/c7-3-1-4(8)6-2-5-3;1-2-4-5-3-1/h1-2H,(H2,5,6,7,8);1-5H. The second-order valence-corrected chi connectivity index (χ2v) is 3.12. The van der Waals surface area contributed by atoms with E-state index in [1.165, 1.54) is 0 Å². The van der Waals surface area contributed by atoms with Gasteiger partial charge in [-0.25, -0.2) is 9.97 Å². The number of aromatic hydroxyl groups is 2. The highest BCUT2D eigenvalue weighted by Gasteiger charge is 1.88. The predicted molar refractivity (Wildman–Crippen MR) is 51.3 cm³/mol. The summed E-state index contributed by atoms with van der Waals surface area (Å²) in [5.74, 6) is 3.86. The van der Waals surface area contributed by atoms with Gasteiger partial charge in [0.1, 0.15) is 6.33 Å². The Bertz CT molecular complexity index is 303. The molecule has 2 aromatic heterocycles. The van der Waals surface area contributed by atoms with E-state index in [2.05, 4.69) is 33.7 Å². The number of hydrogen-bond acceptors (Lipinski definition) is 4. The summed E-state index contributed by atoms with van der Waals surface area (Å²) >= 11 is 0. The quantitative estimate of drug-likeness (QED) is 0.671. The van der Waals surface area contributed by atoms with E-state index in [4.69, 9.17) is 10.2 Å². The lowest BCUT2D eigenvalue weighted by molar-refractivity contribution is 0.421. The summed E-state index contributed by atoms with van der Waals surface area (Å²) in [6, 6.07) is 5.19. The van der Waals surface area contributed by atoms with Crippen LogP contribution in [0, 0.1) is 0 Å². The zero-order valence-corrected chi connectivity index (χ0v) is 7.75. The van der Waals surface area contributed by atoms with Gasteiger partial charge in [0.05, 0.1) is 6.07 Å². The van der Waals surface area contributed by atoms with Crippen LogP contribution in [0.15, 0.2) is 36.1 Å². The summed E-state index contributed by atoms with van der Waals surface area (Å²) in [7, 11) is 0.948. The molecule has 0 fully saturated rings. The molecule has 0 aliphatic carbocycles. The van der Waals surface area contributed by atoms with Crippen molar-refractivity contribution >= 4 is 8.19 Å². The van der Waals surface area contributed by atoms with Crippen LogP contribution in [0.25, 0.3) is 0 Å². The van der Waals surface area contributed by atoms with E-state index in [9.17, 15) is 0 Å². The Morgan fingerprint density at radius 3 is 1.77 bits per heavy atom. The molecule has 0 atom stereocenters. The SMILES string of the molecule is Oc1cc(O)ncn1.c1cc[pH]c1.